The van der Waals surface area contributed by atoms with Crippen molar-refractivity contribution in [2.24, 2.45) is 4.99 Å². The van der Waals surface area contributed by atoms with Gasteiger partial charge in [0.1, 0.15) is 5.60 Å². The second-order valence-electron chi connectivity index (χ2n) is 6.20. The molecule has 1 atom stereocenters. The second-order valence-corrected chi connectivity index (χ2v) is 6.20. The summed E-state index contributed by atoms with van der Waals surface area (Å²) in [6.07, 6.45) is 0.966. The lowest BCUT2D eigenvalue weighted by atomic mass is 9.97. The zero-order valence-corrected chi connectivity index (χ0v) is 12.4. The fourth-order valence-electron chi connectivity index (χ4n) is 2.28. The molecular weight excluding hydrogens is 254 g/mol. The van der Waals surface area contributed by atoms with Crippen molar-refractivity contribution in [2.75, 3.05) is 0 Å². The quantitative estimate of drug-likeness (QED) is 0.860. The maximum absolute atomic E-state index is 11.8. The number of carbonyl (C=O) groups excluding carboxylic acids is 1. The van der Waals surface area contributed by atoms with Crippen LogP contribution in [0.25, 0.3) is 0 Å². The highest BCUT2D eigenvalue weighted by Gasteiger charge is 2.24. The predicted molar refractivity (Wildman–Crippen MR) is 78.0 cm³/mol. The lowest BCUT2D eigenvalue weighted by Crippen LogP contribution is -2.33. The summed E-state index contributed by atoms with van der Waals surface area (Å²) in [6, 6.07) is 3.98. The largest absolute Gasteiger partial charge is 0.458 e. The number of fused-ring (bicyclic) bond motifs is 1. The van der Waals surface area contributed by atoms with E-state index in [1.807, 2.05) is 25.3 Å². The van der Waals surface area contributed by atoms with Gasteiger partial charge in [-0.05, 0) is 56.0 Å². The summed E-state index contributed by atoms with van der Waals surface area (Å²) in [6.45, 7) is 8.10. The van der Waals surface area contributed by atoms with Crippen molar-refractivity contribution in [1.29, 1.82) is 0 Å². The maximum Gasteiger partial charge on any atom is 0.335 e. The fourth-order valence-corrected chi connectivity index (χ4v) is 2.28. The van der Waals surface area contributed by atoms with E-state index in [9.17, 15) is 9.90 Å². The molecule has 1 aromatic rings. The molecular formula is C16H21NO3. The lowest BCUT2D eigenvalue weighted by molar-refractivity contribution is -0.164. The summed E-state index contributed by atoms with van der Waals surface area (Å²) < 4.78 is 5.18. The number of aliphatic imine (C=N–C) groups is 1. The third kappa shape index (κ3) is 3.45. The van der Waals surface area contributed by atoms with Crippen LogP contribution in [0, 0.1) is 6.92 Å². The molecule has 4 nitrogen and oxygen atoms in total. The normalized spacial score (nSPS) is 15.1. The summed E-state index contributed by atoms with van der Waals surface area (Å²) in [5, 5.41) is 9.97. The Bertz CT molecular complexity index is 556. The Kier molecular flexibility index (Phi) is 3.95. The Morgan fingerprint density at radius 3 is 2.80 bits per heavy atom. The van der Waals surface area contributed by atoms with Gasteiger partial charge in [-0.15, -0.1) is 0 Å². The van der Waals surface area contributed by atoms with Crippen LogP contribution < -0.4 is 0 Å². The molecule has 0 saturated carbocycles. The van der Waals surface area contributed by atoms with Crippen molar-refractivity contribution < 1.29 is 14.6 Å². The van der Waals surface area contributed by atoms with E-state index >= 15 is 0 Å². The molecule has 1 N–H and O–H groups in total. The number of rotatable bonds is 3. The van der Waals surface area contributed by atoms with Crippen LogP contribution in [0.2, 0.25) is 0 Å². The highest BCUT2D eigenvalue weighted by Crippen LogP contribution is 2.22. The highest BCUT2D eigenvalue weighted by atomic mass is 16.6. The number of hydrogen-bond donors (Lipinski definition) is 1. The van der Waals surface area contributed by atoms with Crippen molar-refractivity contribution in [1.82, 2.24) is 0 Å². The third-order valence-corrected chi connectivity index (χ3v) is 3.15. The number of ether oxygens (including phenoxy) is 1. The Hall–Kier alpha value is -1.68. The molecule has 1 aromatic carbocycles. The SMILES string of the molecule is Cc1cc(C[C@@H](O)C(=O)OC(C)(C)C)cc2c1CN=C2. The van der Waals surface area contributed by atoms with E-state index in [0.29, 0.717) is 0 Å². The van der Waals surface area contributed by atoms with E-state index in [1.54, 1.807) is 20.8 Å². The Morgan fingerprint density at radius 2 is 2.15 bits per heavy atom. The summed E-state index contributed by atoms with van der Waals surface area (Å²) in [5.41, 5.74) is 3.79. The number of hydrogen-bond acceptors (Lipinski definition) is 4. The van der Waals surface area contributed by atoms with Crippen LogP contribution in [0.5, 0.6) is 0 Å². The average molecular weight is 275 g/mol. The third-order valence-electron chi connectivity index (χ3n) is 3.15. The van der Waals surface area contributed by atoms with Crippen LogP contribution in [0.15, 0.2) is 17.1 Å². The van der Waals surface area contributed by atoms with Gasteiger partial charge >= 0.3 is 5.97 Å². The first-order valence-corrected chi connectivity index (χ1v) is 6.79. The summed E-state index contributed by atoms with van der Waals surface area (Å²) in [7, 11) is 0. The molecule has 1 aliphatic rings. The number of aliphatic hydroxyl groups is 1. The molecule has 1 heterocycles. The van der Waals surface area contributed by atoms with E-state index in [-0.39, 0.29) is 6.42 Å². The molecule has 20 heavy (non-hydrogen) atoms. The Morgan fingerprint density at radius 1 is 1.45 bits per heavy atom. The van der Waals surface area contributed by atoms with E-state index in [0.717, 1.165) is 23.2 Å². The molecule has 0 spiro atoms. The van der Waals surface area contributed by atoms with Crippen molar-refractivity contribution in [3.8, 4) is 0 Å². The van der Waals surface area contributed by atoms with Gasteiger partial charge in [-0.25, -0.2) is 4.79 Å². The molecule has 1 aliphatic heterocycles. The van der Waals surface area contributed by atoms with Gasteiger partial charge < -0.3 is 9.84 Å². The first-order valence-electron chi connectivity index (χ1n) is 6.79. The first kappa shape index (κ1) is 14.7. The average Bonchev–Trinajstić information content (AvgIpc) is 2.75. The molecule has 0 unspecified atom stereocenters. The molecule has 0 saturated heterocycles. The van der Waals surface area contributed by atoms with Gasteiger partial charge in [0, 0.05) is 12.6 Å². The van der Waals surface area contributed by atoms with Crippen molar-refractivity contribution in [3.05, 3.63) is 34.4 Å². The van der Waals surface area contributed by atoms with E-state index < -0.39 is 17.7 Å². The van der Waals surface area contributed by atoms with E-state index in [2.05, 4.69) is 4.99 Å². The summed E-state index contributed by atoms with van der Waals surface area (Å²) in [5.74, 6) is -0.579. The molecule has 0 amide bonds. The number of esters is 1. The molecule has 0 fully saturated rings. The fraction of sp³-hybridized carbons (Fsp3) is 0.500. The molecule has 0 aliphatic carbocycles. The summed E-state index contributed by atoms with van der Waals surface area (Å²) in [4.78, 5) is 16.0. The minimum atomic E-state index is -1.13. The molecule has 0 aromatic heterocycles. The topological polar surface area (TPSA) is 58.9 Å². The molecule has 4 heteroatoms. The molecule has 0 bridgehead atoms. The van der Waals surface area contributed by atoms with Crippen LogP contribution in [-0.2, 0) is 22.5 Å². The number of carbonyl (C=O) groups is 1. The minimum Gasteiger partial charge on any atom is -0.458 e. The standard InChI is InChI=1S/C16H21NO3/c1-10-5-11(6-12-8-17-9-13(10)12)7-14(18)15(19)20-16(2,3)4/h5-6,8,14,18H,7,9H2,1-4H3/t14-/m1/s1. The van der Waals surface area contributed by atoms with E-state index in [1.165, 1.54) is 5.56 Å². The minimum absolute atomic E-state index is 0.261. The smallest absolute Gasteiger partial charge is 0.335 e. The zero-order chi connectivity index (χ0) is 14.9. The van der Waals surface area contributed by atoms with Crippen molar-refractivity contribution >= 4 is 12.2 Å². The van der Waals surface area contributed by atoms with Crippen molar-refractivity contribution in [3.63, 3.8) is 0 Å². The van der Waals surface area contributed by atoms with Gasteiger partial charge in [0.25, 0.3) is 0 Å². The van der Waals surface area contributed by atoms with Gasteiger partial charge in [-0.1, -0.05) is 6.07 Å². The Labute approximate surface area is 119 Å². The van der Waals surface area contributed by atoms with Crippen LogP contribution in [-0.4, -0.2) is 29.0 Å². The van der Waals surface area contributed by atoms with Gasteiger partial charge in [0.05, 0.1) is 6.54 Å². The summed E-state index contributed by atoms with van der Waals surface area (Å²) >= 11 is 0. The lowest BCUT2D eigenvalue weighted by Gasteiger charge is -2.22. The number of benzene rings is 1. The zero-order valence-electron chi connectivity index (χ0n) is 12.4. The van der Waals surface area contributed by atoms with Crippen LogP contribution >= 0.6 is 0 Å². The number of aliphatic hydroxyl groups excluding tert-OH is 1. The van der Waals surface area contributed by atoms with Gasteiger partial charge in [0.15, 0.2) is 6.10 Å². The molecule has 2 rings (SSSR count). The van der Waals surface area contributed by atoms with Gasteiger partial charge in [-0.3, -0.25) is 4.99 Å². The van der Waals surface area contributed by atoms with Crippen LogP contribution in [0.1, 0.15) is 43.0 Å². The molecule has 108 valence electrons. The maximum atomic E-state index is 11.8. The van der Waals surface area contributed by atoms with Crippen LogP contribution in [0.3, 0.4) is 0 Å². The van der Waals surface area contributed by atoms with Gasteiger partial charge in [0.2, 0.25) is 0 Å². The monoisotopic (exact) mass is 275 g/mol. The first-order chi connectivity index (χ1) is 9.26. The predicted octanol–water partition coefficient (Wildman–Crippen LogP) is 2.17. The second kappa shape index (κ2) is 5.37. The van der Waals surface area contributed by atoms with Gasteiger partial charge in [-0.2, -0.15) is 0 Å². The number of nitrogens with zero attached hydrogens (tertiary/aromatic N) is 1. The van der Waals surface area contributed by atoms with Crippen molar-refractivity contribution in [2.45, 2.75) is 52.4 Å². The molecule has 0 radical (unpaired) electrons. The van der Waals surface area contributed by atoms with E-state index in [4.69, 9.17) is 4.74 Å². The number of aryl methyl sites for hydroxylation is 1. The Balaban J connectivity index is 2.09. The van der Waals surface area contributed by atoms with Crippen LogP contribution in [0.4, 0.5) is 0 Å². The highest BCUT2D eigenvalue weighted by molar-refractivity contribution is 5.85.